The molecule has 1 saturated carbocycles. The van der Waals surface area contributed by atoms with Gasteiger partial charge in [0.05, 0.1) is 6.57 Å². The van der Waals surface area contributed by atoms with Crippen molar-refractivity contribution in [3.63, 3.8) is 0 Å². The number of piperidine rings is 2. The number of hydrogen-bond donors (Lipinski definition) is 1. The van der Waals surface area contributed by atoms with Crippen LogP contribution in [0.4, 0.5) is 26.1 Å². The molecule has 1 aromatic rings. The third kappa shape index (κ3) is 2.85. The van der Waals surface area contributed by atoms with Crippen LogP contribution in [0.25, 0.3) is 4.85 Å². The predicted octanol–water partition coefficient (Wildman–Crippen LogP) is 4.21. The molecule has 3 saturated heterocycles. The molecule has 0 radical (unpaired) electrons. The van der Waals surface area contributed by atoms with Crippen LogP contribution >= 0.6 is 0 Å². The molecule has 4 atom stereocenters. The molecule has 5 aliphatic rings. The summed E-state index contributed by atoms with van der Waals surface area (Å²) in [5.74, 6) is -2.06. The highest BCUT2D eigenvalue weighted by Crippen LogP contribution is 2.54. The number of aromatic nitrogens is 1. The Kier molecular flexibility index (Phi) is 4.42. The summed E-state index contributed by atoms with van der Waals surface area (Å²) >= 11 is 0. The monoisotopic (exact) mass is 416 g/mol. The number of carboxylic acid groups (broad SMARTS) is 1. The first-order valence-electron chi connectivity index (χ1n) is 10.9. The molecule has 160 valence electrons. The smallest absolute Gasteiger partial charge is 0.303 e. The summed E-state index contributed by atoms with van der Waals surface area (Å²) in [6.45, 7) is 11.7. The van der Waals surface area contributed by atoms with Crippen molar-refractivity contribution in [2.24, 2.45) is 17.8 Å². The van der Waals surface area contributed by atoms with E-state index in [0.29, 0.717) is 43.1 Å². The summed E-state index contributed by atoms with van der Waals surface area (Å²) in [6.07, 6.45) is 2.81. The van der Waals surface area contributed by atoms with Crippen LogP contribution in [0.15, 0.2) is 0 Å². The fourth-order valence-corrected chi connectivity index (χ4v) is 5.92. The van der Waals surface area contributed by atoms with E-state index in [-0.39, 0.29) is 47.9 Å². The highest BCUT2D eigenvalue weighted by molar-refractivity contribution is 5.79. The fraction of sp³-hybridized carbons (Fsp3) is 0.682. The summed E-state index contributed by atoms with van der Waals surface area (Å²) in [6, 6.07) is 0.191. The number of fused-ring (bicyclic) bond motifs is 3. The minimum Gasteiger partial charge on any atom is -0.481 e. The molecule has 0 amide bonds. The van der Waals surface area contributed by atoms with Crippen LogP contribution in [-0.4, -0.2) is 41.7 Å². The topological polar surface area (TPSA) is 61.0 Å². The highest BCUT2D eigenvalue weighted by atomic mass is 19.3. The van der Waals surface area contributed by atoms with Gasteiger partial charge < -0.3 is 14.9 Å². The summed E-state index contributed by atoms with van der Waals surface area (Å²) in [4.78, 5) is 23.6. The fourth-order valence-electron chi connectivity index (χ4n) is 5.92. The van der Waals surface area contributed by atoms with Gasteiger partial charge in [-0.3, -0.25) is 4.79 Å². The van der Waals surface area contributed by atoms with E-state index >= 15 is 8.78 Å². The number of carbonyl (C=O) groups is 1. The first-order valence-corrected chi connectivity index (χ1v) is 10.9. The molecule has 0 spiro atoms. The number of carboxylic acids is 1. The molecule has 30 heavy (non-hydrogen) atoms. The van der Waals surface area contributed by atoms with Crippen molar-refractivity contribution in [1.82, 2.24) is 4.98 Å². The van der Waals surface area contributed by atoms with Crippen LogP contribution in [0.3, 0.4) is 0 Å². The third-order valence-electron chi connectivity index (χ3n) is 7.66. The average molecular weight is 416 g/mol. The van der Waals surface area contributed by atoms with E-state index in [4.69, 9.17) is 11.6 Å². The third-order valence-corrected chi connectivity index (χ3v) is 7.66. The van der Waals surface area contributed by atoms with E-state index in [2.05, 4.69) is 9.74 Å². The molecule has 4 fully saturated rings. The van der Waals surface area contributed by atoms with Gasteiger partial charge in [0.2, 0.25) is 5.69 Å². The van der Waals surface area contributed by atoms with E-state index in [1.807, 2.05) is 11.8 Å². The predicted molar refractivity (Wildman–Crippen MR) is 108 cm³/mol. The lowest BCUT2D eigenvalue weighted by Crippen LogP contribution is -2.56. The lowest BCUT2D eigenvalue weighted by Gasteiger charge is -2.54. The first kappa shape index (κ1) is 19.5. The number of pyridine rings is 1. The molecule has 6 rings (SSSR count). The van der Waals surface area contributed by atoms with Gasteiger partial charge >= 0.3 is 5.97 Å². The number of aliphatic carboxylic acids is 1. The Hall–Kier alpha value is -2.43. The van der Waals surface area contributed by atoms with Crippen molar-refractivity contribution >= 4 is 23.3 Å². The number of hydrogen-bond acceptors (Lipinski definition) is 4. The summed E-state index contributed by atoms with van der Waals surface area (Å²) in [5, 5.41) is 9.17. The Balaban J connectivity index is 1.57. The lowest BCUT2D eigenvalue weighted by molar-refractivity contribution is -0.141. The summed E-state index contributed by atoms with van der Waals surface area (Å²) in [5.41, 5.74) is 0.449. The molecular weight excluding hydrogens is 390 g/mol. The second-order valence-corrected chi connectivity index (χ2v) is 9.38. The van der Waals surface area contributed by atoms with Gasteiger partial charge in [-0.25, -0.2) is 18.6 Å². The highest BCUT2D eigenvalue weighted by Gasteiger charge is 2.49. The number of nitrogens with zero attached hydrogens (tertiary/aromatic N) is 4. The second-order valence-electron chi connectivity index (χ2n) is 9.38. The molecule has 2 aliphatic carbocycles. The number of rotatable bonds is 4. The Bertz CT molecular complexity index is 932. The molecule has 1 N–H and O–H groups in total. The lowest BCUT2D eigenvalue weighted by atomic mass is 9.60. The standard InChI is InChI=1S/C22H26F2N4O2/c1-12-5-7-28(12)21-19(25-2)18-15(4-3-6-22(18,23)24)20(26-21)27-10-13-8-14(11-27)16(13)9-17(29)30/h12-14,16H,3-11H2,1H3,(H,29,30)/t12-,13-,14+,16?/m0/s1. The Labute approximate surface area is 174 Å². The van der Waals surface area contributed by atoms with Crippen LogP contribution in [0, 0.1) is 24.3 Å². The van der Waals surface area contributed by atoms with Gasteiger partial charge in [-0.2, -0.15) is 0 Å². The summed E-state index contributed by atoms with van der Waals surface area (Å²) < 4.78 is 30.1. The number of anilines is 2. The van der Waals surface area contributed by atoms with Crippen molar-refractivity contribution in [2.45, 2.75) is 57.4 Å². The van der Waals surface area contributed by atoms with Gasteiger partial charge in [-0.05, 0) is 55.9 Å². The molecule has 3 aliphatic heterocycles. The van der Waals surface area contributed by atoms with Crippen LogP contribution < -0.4 is 9.80 Å². The van der Waals surface area contributed by atoms with Gasteiger partial charge in [0.15, 0.2) is 0 Å². The quantitative estimate of drug-likeness (QED) is 0.746. The molecule has 0 aromatic carbocycles. The molecule has 4 heterocycles. The van der Waals surface area contributed by atoms with Crippen molar-refractivity contribution < 1.29 is 18.7 Å². The van der Waals surface area contributed by atoms with E-state index in [0.717, 1.165) is 19.4 Å². The van der Waals surface area contributed by atoms with Crippen molar-refractivity contribution in [2.75, 3.05) is 29.4 Å². The molecule has 8 heteroatoms. The average Bonchev–Trinajstić information content (AvgIpc) is 2.70. The Morgan fingerprint density at radius 2 is 2.07 bits per heavy atom. The van der Waals surface area contributed by atoms with Crippen molar-refractivity contribution in [3.8, 4) is 0 Å². The van der Waals surface area contributed by atoms with Crippen LogP contribution in [0.1, 0.15) is 50.2 Å². The van der Waals surface area contributed by atoms with E-state index in [1.54, 1.807) is 0 Å². The largest absolute Gasteiger partial charge is 0.481 e. The minimum atomic E-state index is -3.02. The number of alkyl halides is 2. The van der Waals surface area contributed by atoms with Gasteiger partial charge in [-0.1, -0.05) is 0 Å². The van der Waals surface area contributed by atoms with E-state index in [1.165, 1.54) is 0 Å². The zero-order chi connectivity index (χ0) is 21.2. The first-order chi connectivity index (χ1) is 14.3. The van der Waals surface area contributed by atoms with E-state index < -0.39 is 11.9 Å². The van der Waals surface area contributed by atoms with E-state index in [9.17, 15) is 9.90 Å². The Morgan fingerprint density at radius 3 is 2.63 bits per heavy atom. The number of halogens is 2. The molecule has 2 bridgehead atoms. The maximum absolute atomic E-state index is 15.1. The minimum absolute atomic E-state index is 0.0240. The normalized spacial score (nSPS) is 31.3. The maximum atomic E-state index is 15.1. The van der Waals surface area contributed by atoms with Crippen LogP contribution in [0.2, 0.25) is 0 Å². The van der Waals surface area contributed by atoms with Gasteiger partial charge in [0.1, 0.15) is 11.6 Å². The van der Waals surface area contributed by atoms with Gasteiger partial charge in [-0.15, -0.1) is 0 Å². The zero-order valence-electron chi connectivity index (χ0n) is 17.1. The van der Waals surface area contributed by atoms with Gasteiger partial charge in [0, 0.05) is 44.1 Å². The van der Waals surface area contributed by atoms with Crippen LogP contribution in [0.5, 0.6) is 0 Å². The molecule has 6 nitrogen and oxygen atoms in total. The second kappa shape index (κ2) is 6.79. The van der Waals surface area contributed by atoms with Crippen LogP contribution in [-0.2, 0) is 17.1 Å². The molecule has 1 aromatic heterocycles. The maximum Gasteiger partial charge on any atom is 0.303 e. The zero-order valence-corrected chi connectivity index (χ0v) is 17.1. The molecular formula is C22H26F2N4O2. The Morgan fingerprint density at radius 1 is 1.33 bits per heavy atom. The molecule has 1 unspecified atom stereocenters. The van der Waals surface area contributed by atoms with Crippen molar-refractivity contribution in [1.29, 1.82) is 0 Å². The SMILES string of the molecule is [C-]#[N+]c1c(N2CC[C@@H]2C)nc(N2C[C@H]3C[C@@H](C2)C3CC(=O)O)c2c1C(F)(F)CCC2. The van der Waals surface area contributed by atoms with Gasteiger partial charge in [0.25, 0.3) is 5.92 Å². The van der Waals surface area contributed by atoms with Crippen molar-refractivity contribution in [3.05, 3.63) is 22.5 Å². The summed E-state index contributed by atoms with van der Waals surface area (Å²) in [7, 11) is 0.